The Labute approximate surface area is 156 Å². The van der Waals surface area contributed by atoms with Crippen molar-refractivity contribution in [1.29, 1.82) is 0 Å². The Morgan fingerprint density at radius 2 is 1.92 bits per heavy atom. The summed E-state index contributed by atoms with van der Waals surface area (Å²) < 4.78 is 12.5. The van der Waals surface area contributed by atoms with E-state index in [1.54, 1.807) is 73.7 Å². The van der Waals surface area contributed by atoms with Gasteiger partial charge in [-0.2, -0.15) is 0 Å². The van der Waals surface area contributed by atoms with Crippen LogP contribution in [0.3, 0.4) is 0 Å². The molecule has 2 aromatic carbocycles. The molecular formula is C19H18ClN3O3. The van der Waals surface area contributed by atoms with Crippen molar-refractivity contribution < 1.29 is 14.3 Å². The van der Waals surface area contributed by atoms with E-state index >= 15 is 0 Å². The number of ether oxygens (including phenoxy) is 2. The SMILES string of the molecule is COc1ccc(OC(C)C(=O)Nc2ccc(-n3ccnc3)c(Cl)c2)cc1. The lowest BCUT2D eigenvalue weighted by molar-refractivity contribution is -0.122. The molecule has 1 aromatic heterocycles. The second-order valence-electron chi connectivity index (χ2n) is 5.56. The van der Waals surface area contributed by atoms with E-state index < -0.39 is 6.10 Å². The van der Waals surface area contributed by atoms with Gasteiger partial charge >= 0.3 is 0 Å². The fourth-order valence-corrected chi connectivity index (χ4v) is 2.63. The van der Waals surface area contributed by atoms with E-state index in [0.29, 0.717) is 16.5 Å². The fourth-order valence-electron chi connectivity index (χ4n) is 2.35. The fraction of sp³-hybridized carbons (Fsp3) is 0.158. The number of anilines is 1. The lowest BCUT2D eigenvalue weighted by atomic mass is 10.2. The lowest BCUT2D eigenvalue weighted by Gasteiger charge is -2.15. The van der Waals surface area contributed by atoms with Gasteiger partial charge in [0.1, 0.15) is 11.5 Å². The molecule has 6 nitrogen and oxygen atoms in total. The Morgan fingerprint density at radius 1 is 1.19 bits per heavy atom. The third-order valence-electron chi connectivity index (χ3n) is 3.74. The molecule has 1 heterocycles. The van der Waals surface area contributed by atoms with E-state index in [4.69, 9.17) is 21.1 Å². The molecule has 3 aromatic rings. The molecule has 0 saturated carbocycles. The third kappa shape index (κ3) is 4.15. The van der Waals surface area contributed by atoms with Crippen molar-refractivity contribution in [1.82, 2.24) is 9.55 Å². The number of hydrogen-bond donors (Lipinski definition) is 1. The largest absolute Gasteiger partial charge is 0.497 e. The van der Waals surface area contributed by atoms with Crippen LogP contribution >= 0.6 is 11.6 Å². The van der Waals surface area contributed by atoms with Gasteiger partial charge in [-0.05, 0) is 49.4 Å². The Morgan fingerprint density at radius 3 is 2.54 bits per heavy atom. The maximum atomic E-state index is 12.3. The number of nitrogens with one attached hydrogen (secondary N) is 1. The average Bonchev–Trinajstić information content (AvgIpc) is 3.16. The van der Waals surface area contributed by atoms with Crippen molar-refractivity contribution >= 4 is 23.2 Å². The summed E-state index contributed by atoms with van der Waals surface area (Å²) in [6.07, 6.45) is 4.45. The molecule has 0 aliphatic carbocycles. The quantitative estimate of drug-likeness (QED) is 0.712. The van der Waals surface area contributed by atoms with Crippen molar-refractivity contribution in [3.05, 3.63) is 66.2 Å². The number of aromatic nitrogens is 2. The van der Waals surface area contributed by atoms with Gasteiger partial charge in [0.25, 0.3) is 5.91 Å². The van der Waals surface area contributed by atoms with Crippen LogP contribution in [0.15, 0.2) is 61.2 Å². The van der Waals surface area contributed by atoms with Gasteiger partial charge in [0, 0.05) is 18.1 Å². The maximum absolute atomic E-state index is 12.3. The van der Waals surface area contributed by atoms with Crippen molar-refractivity contribution in [2.24, 2.45) is 0 Å². The summed E-state index contributed by atoms with van der Waals surface area (Å²) in [6.45, 7) is 1.68. The normalized spacial score (nSPS) is 11.7. The van der Waals surface area contributed by atoms with Crippen LogP contribution in [-0.2, 0) is 4.79 Å². The number of methoxy groups -OCH3 is 1. The number of amides is 1. The van der Waals surface area contributed by atoms with Gasteiger partial charge in [0.05, 0.1) is 24.1 Å². The Kier molecular flexibility index (Phi) is 5.43. The van der Waals surface area contributed by atoms with Gasteiger partial charge < -0.3 is 19.4 Å². The Balaban J connectivity index is 1.64. The average molecular weight is 372 g/mol. The van der Waals surface area contributed by atoms with Crippen LogP contribution in [0, 0.1) is 0 Å². The predicted octanol–water partition coefficient (Wildman–Crippen LogP) is 3.94. The molecule has 1 atom stereocenters. The third-order valence-corrected chi connectivity index (χ3v) is 4.04. The molecule has 0 spiro atoms. The minimum atomic E-state index is -0.671. The van der Waals surface area contributed by atoms with Gasteiger partial charge in [-0.1, -0.05) is 11.6 Å². The first-order valence-corrected chi connectivity index (χ1v) is 8.34. The molecule has 0 aliphatic rings. The lowest BCUT2D eigenvalue weighted by Crippen LogP contribution is -2.30. The minimum Gasteiger partial charge on any atom is -0.497 e. The Hall–Kier alpha value is -2.99. The maximum Gasteiger partial charge on any atom is 0.265 e. The first kappa shape index (κ1) is 17.8. The van der Waals surface area contributed by atoms with E-state index in [-0.39, 0.29) is 5.91 Å². The zero-order valence-corrected chi connectivity index (χ0v) is 15.1. The van der Waals surface area contributed by atoms with Crippen LogP contribution in [0.25, 0.3) is 5.69 Å². The number of imidazole rings is 1. The number of benzene rings is 2. The van der Waals surface area contributed by atoms with Gasteiger partial charge in [-0.15, -0.1) is 0 Å². The van der Waals surface area contributed by atoms with Gasteiger partial charge in [-0.25, -0.2) is 4.98 Å². The van der Waals surface area contributed by atoms with Crippen LogP contribution in [0.5, 0.6) is 11.5 Å². The van der Waals surface area contributed by atoms with Crippen molar-refractivity contribution in [3.63, 3.8) is 0 Å². The first-order chi connectivity index (χ1) is 12.6. The van der Waals surface area contributed by atoms with Gasteiger partial charge in [0.15, 0.2) is 6.10 Å². The summed E-state index contributed by atoms with van der Waals surface area (Å²) in [6, 6.07) is 12.3. The molecule has 0 fully saturated rings. The molecule has 0 saturated heterocycles. The van der Waals surface area contributed by atoms with Crippen LogP contribution in [0.2, 0.25) is 5.02 Å². The van der Waals surface area contributed by atoms with E-state index in [9.17, 15) is 4.79 Å². The Bertz CT molecular complexity index is 880. The summed E-state index contributed by atoms with van der Waals surface area (Å²) in [5.74, 6) is 1.04. The monoisotopic (exact) mass is 371 g/mol. The highest BCUT2D eigenvalue weighted by atomic mass is 35.5. The number of nitrogens with zero attached hydrogens (tertiary/aromatic N) is 2. The molecule has 0 bridgehead atoms. The second-order valence-corrected chi connectivity index (χ2v) is 5.97. The van der Waals surface area contributed by atoms with E-state index in [2.05, 4.69) is 10.3 Å². The molecule has 0 aliphatic heterocycles. The highest BCUT2D eigenvalue weighted by Crippen LogP contribution is 2.24. The smallest absolute Gasteiger partial charge is 0.265 e. The zero-order valence-electron chi connectivity index (χ0n) is 14.3. The number of carbonyl (C=O) groups is 1. The molecule has 7 heteroatoms. The topological polar surface area (TPSA) is 65.4 Å². The van der Waals surface area contributed by atoms with Gasteiger partial charge in [0.2, 0.25) is 0 Å². The van der Waals surface area contributed by atoms with E-state index in [1.165, 1.54) is 0 Å². The predicted molar refractivity (Wildman–Crippen MR) is 100 cm³/mol. The molecule has 134 valence electrons. The molecule has 1 N–H and O–H groups in total. The van der Waals surface area contributed by atoms with Gasteiger partial charge in [-0.3, -0.25) is 4.79 Å². The summed E-state index contributed by atoms with van der Waals surface area (Å²) in [7, 11) is 1.59. The summed E-state index contributed by atoms with van der Waals surface area (Å²) in [5, 5.41) is 3.30. The number of hydrogen-bond acceptors (Lipinski definition) is 4. The van der Waals surface area contributed by atoms with E-state index in [1.807, 2.05) is 6.07 Å². The molecule has 1 unspecified atom stereocenters. The van der Waals surface area contributed by atoms with Crippen LogP contribution in [0.4, 0.5) is 5.69 Å². The molecule has 3 rings (SSSR count). The standard InChI is InChI=1S/C19H18ClN3O3/c1-13(26-16-6-4-15(25-2)5-7-16)19(24)22-14-3-8-18(17(20)11-14)23-10-9-21-12-23/h3-13H,1-2H3,(H,22,24). The molecular weight excluding hydrogens is 354 g/mol. The number of rotatable bonds is 6. The number of halogens is 1. The van der Waals surface area contributed by atoms with Crippen molar-refractivity contribution in [2.75, 3.05) is 12.4 Å². The minimum absolute atomic E-state index is 0.271. The molecule has 26 heavy (non-hydrogen) atoms. The van der Waals surface area contributed by atoms with Crippen molar-refractivity contribution in [2.45, 2.75) is 13.0 Å². The number of carbonyl (C=O) groups excluding carboxylic acids is 1. The van der Waals surface area contributed by atoms with Crippen LogP contribution in [-0.4, -0.2) is 28.7 Å². The summed E-state index contributed by atoms with van der Waals surface area (Å²) >= 11 is 6.30. The first-order valence-electron chi connectivity index (χ1n) is 7.96. The summed E-state index contributed by atoms with van der Waals surface area (Å²) in [4.78, 5) is 16.3. The van der Waals surface area contributed by atoms with Crippen molar-refractivity contribution in [3.8, 4) is 17.2 Å². The molecule has 0 radical (unpaired) electrons. The highest BCUT2D eigenvalue weighted by Gasteiger charge is 2.15. The molecule has 1 amide bonds. The van der Waals surface area contributed by atoms with Crippen LogP contribution < -0.4 is 14.8 Å². The van der Waals surface area contributed by atoms with Crippen LogP contribution in [0.1, 0.15) is 6.92 Å². The van der Waals surface area contributed by atoms with E-state index in [0.717, 1.165) is 11.4 Å². The summed E-state index contributed by atoms with van der Waals surface area (Å²) in [5.41, 5.74) is 1.37. The highest BCUT2D eigenvalue weighted by molar-refractivity contribution is 6.32. The zero-order chi connectivity index (χ0) is 18.5. The second kappa shape index (κ2) is 7.93.